The van der Waals surface area contributed by atoms with Crippen LogP contribution in [0.4, 0.5) is 0 Å². The van der Waals surface area contributed by atoms with Gasteiger partial charge in [-0.25, -0.2) is 5.43 Å². The number of aromatic nitrogens is 1. The van der Waals surface area contributed by atoms with Gasteiger partial charge < -0.3 is 4.57 Å². The molecular formula is C16H13Cl2N3OS. The molecule has 4 nitrogen and oxygen atoms in total. The smallest absolute Gasteiger partial charge is 0.244 e. The van der Waals surface area contributed by atoms with Crippen molar-refractivity contribution in [2.24, 2.45) is 12.1 Å². The minimum atomic E-state index is -0.208. The van der Waals surface area contributed by atoms with Crippen LogP contribution in [0.1, 0.15) is 5.56 Å². The molecule has 0 atom stereocenters. The molecule has 0 radical (unpaired) electrons. The monoisotopic (exact) mass is 365 g/mol. The Labute approximate surface area is 147 Å². The molecule has 1 aromatic heterocycles. The van der Waals surface area contributed by atoms with E-state index in [1.165, 1.54) is 11.3 Å². The topological polar surface area (TPSA) is 46.4 Å². The van der Waals surface area contributed by atoms with Crippen LogP contribution in [0, 0.1) is 0 Å². The number of aryl methyl sites for hydroxylation is 1. The third-order valence-corrected chi connectivity index (χ3v) is 5.19. The number of carbonyl (C=O) groups excluding carboxylic acids is 1. The van der Waals surface area contributed by atoms with Crippen molar-refractivity contribution >= 4 is 50.7 Å². The number of nitrogens with zero attached hydrogens (tertiary/aromatic N) is 2. The number of hydrogen-bond donors (Lipinski definition) is 1. The molecule has 0 bridgehead atoms. The van der Waals surface area contributed by atoms with Crippen LogP contribution >= 0.6 is 34.5 Å². The van der Waals surface area contributed by atoms with E-state index < -0.39 is 0 Å². The highest BCUT2D eigenvalue weighted by atomic mass is 35.5. The molecule has 2 aromatic carbocycles. The van der Waals surface area contributed by atoms with Gasteiger partial charge in [0, 0.05) is 7.05 Å². The second-order valence-corrected chi connectivity index (χ2v) is 6.81. The van der Waals surface area contributed by atoms with E-state index >= 15 is 0 Å². The van der Waals surface area contributed by atoms with E-state index in [0.717, 1.165) is 20.6 Å². The Balaban J connectivity index is 1.77. The molecule has 0 aliphatic rings. The predicted octanol–water partition coefficient (Wildman–Crippen LogP) is 3.72. The summed E-state index contributed by atoms with van der Waals surface area (Å²) in [5.74, 6) is -0.208. The van der Waals surface area contributed by atoms with Crippen LogP contribution in [0.2, 0.25) is 10.0 Å². The van der Waals surface area contributed by atoms with Crippen molar-refractivity contribution in [3.63, 3.8) is 0 Å². The fourth-order valence-corrected chi connectivity index (χ4v) is 3.47. The minimum absolute atomic E-state index is 0.189. The predicted molar refractivity (Wildman–Crippen MR) is 94.7 cm³/mol. The molecule has 1 N–H and O–H groups in total. The first-order chi connectivity index (χ1) is 11.0. The molecule has 1 heterocycles. The van der Waals surface area contributed by atoms with E-state index in [1.807, 2.05) is 35.9 Å². The van der Waals surface area contributed by atoms with E-state index in [2.05, 4.69) is 10.5 Å². The Morgan fingerprint density at radius 3 is 2.74 bits per heavy atom. The summed E-state index contributed by atoms with van der Waals surface area (Å²) in [6.07, 6.45) is 0.189. The summed E-state index contributed by atoms with van der Waals surface area (Å²) in [6, 6.07) is 13.1. The molecule has 3 rings (SSSR count). The molecular weight excluding hydrogens is 353 g/mol. The van der Waals surface area contributed by atoms with Crippen molar-refractivity contribution in [3.05, 3.63) is 62.9 Å². The van der Waals surface area contributed by atoms with E-state index in [1.54, 1.807) is 18.2 Å². The van der Waals surface area contributed by atoms with Crippen LogP contribution in [0.15, 0.2) is 47.6 Å². The van der Waals surface area contributed by atoms with Gasteiger partial charge in [-0.15, -0.1) is 5.10 Å². The van der Waals surface area contributed by atoms with Gasteiger partial charge in [-0.2, -0.15) is 0 Å². The largest absolute Gasteiger partial charge is 0.318 e. The molecule has 0 saturated carbocycles. The second-order valence-electron chi connectivity index (χ2n) is 4.98. The number of fused-ring (bicyclic) bond motifs is 1. The summed E-state index contributed by atoms with van der Waals surface area (Å²) in [7, 11) is 1.92. The molecule has 7 heteroatoms. The quantitative estimate of drug-likeness (QED) is 0.706. The first-order valence-corrected chi connectivity index (χ1v) is 8.43. The molecule has 0 unspecified atom stereocenters. The van der Waals surface area contributed by atoms with Crippen LogP contribution in [-0.4, -0.2) is 10.5 Å². The third kappa shape index (κ3) is 3.58. The van der Waals surface area contributed by atoms with E-state index in [9.17, 15) is 4.79 Å². The Hall–Kier alpha value is -1.82. The summed E-state index contributed by atoms with van der Waals surface area (Å²) >= 11 is 13.3. The second kappa shape index (κ2) is 6.74. The highest BCUT2D eigenvalue weighted by Gasteiger charge is 2.06. The Kier molecular flexibility index (Phi) is 4.71. The maximum absolute atomic E-state index is 12.0. The zero-order valence-corrected chi connectivity index (χ0v) is 14.5. The molecule has 0 saturated heterocycles. The third-order valence-electron chi connectivity index (χ3n) is 3.34. The lowest BCUT2D eigenvalue weighted by Crippen LogP contribution is -2.24. The Bertz CT molecular complexity index is 946. The molecule has 0 fully saturated rings. The number of halogens is 2. The Morgan fingerprint density at radius 2 is 2.00 bits per heavy atom. The summed E-state index contributed by atoms with van der Waals surface area (Å²) < 4.78 is 3.06. The number of carbonyl (C=O) groups is 1. The molecule has 118 valence electrons. The fourth-order valence-electron chi connectivity index (χ4n) is 2.17. The van der Waals surface area contributed by atoms with E-state index in [4.69, 9.17) is 23.2 Å². The lowest BCUT2D eigenvalue weighted by atomic mass is 10.1. The molecule has 0 aliphatic heterocycles. The van der Waals surface area contributed by atoms with Gasteiger partial charge in [0.2, 0.25) is 10.7 Å². The highest BCUT2D eigenvalue weighted by molar-refractivity contribution is 7.16. The van der Waals surface area contributed by atoms with Crippen LogP contribution in [-0.2, 0) is 18.3 Å². The first-order valence-electron chi connectivity index (χ1n) is 6.85. The van der Waals surface area contributed by atoms with Gasteiger partial charge in [-0.1, -0.05) is 52.7 Å². The maximum atomic E-state index is 12.0. The number of benzene rings is 2. The summed E-state index contributed by atoms with van der Waals surface area (Å²) in [6.45, 7) is 0. The van der Waals surface area contributed by atoms with Gasteiger partial charge in [-0.05, 0) is 29.8 Å². The lowest BCUT2D eigenvalue weighted by molar-refractivity contribution is -0.120. The number of amides is 1. The van der Waals surface area contributed by atoms with Gasteiger partial charge in [0.25, 0.3) is 0 Å². The van der Waals surface area contributed by atoms with E-state index in [-0.39, 0.29) is 12.3 Å². The lowest BCUT2D eigenvalue weighted by Gasteiger charge is -2.02. The summed E-state index contributed by atoms with van der Waals surface area (Å²) in [5.41, 5.74) is 4.45. The number of para-hydroxylation sites is 1. The van der Waals surface area contributed by atoms with Crippen molar-refractivity contribution < 1.29 is 4.79 Å². The molecule has 23 heavy (non-hydrogen) atoms. The zero-order chi connectivity index (χ0) is 16.4. The minimum Gasteiger partial charge on any atom is -0.318 e. The maximum Gasteiger partial charge on any atom is 0.244 e. The van der Waals surface area contributed by atoms with Crippen molar-refractivity contribution in [2.75, 3.05) is 0 Å². The van der Waals surface area contributed by atoms with Gasteiger partial charge in [0.05, 0.1) is 26.7 Å². The number of rotatable bonds is 3. The van der Waals surface area contributed by atoms with Crippen molar-refractivity contribution in [1.29, 1.82) is 0 Å². The van der Waals surface area contributed by atoms with Crippen LogP contribution in [0.5, 0.6) is 0 Å². The van der Waals surface area contributed by atoms with Gasteiger partial charge >= 0.3 is 0 Å². The molecule has 1 amide bonds. The average Bonchev–Trinajstić information content (AvgIpc) is 2.86. The van der Waals surface area contributed by atoms with Gasteiger partial charge in [0.15, 0.2) is 0 Å². The fraction of sp³-hybridized carbons (Fsp3) is 0.125. The first kappa shape index (κ1) is 16.1. The Morgan fingerprint density at radius 1 is 1.22 bits per heavy atom. The van der Waals surface area contributed by atoms with E-state index in [0.29, 0.717) is 10.0 Å². The summed E-state index contributed by atoms with van der Waals surface area (Å²) in [4.78, 5) is 12.8. The van der Waals surface area contributed by atoms with Gasteiger partial charge in [-0.3, -0.25) is 4.79 Å². The number of nitrogens with one attached hydrogen (secondary N) is 1. The van der Waals surface area contributed by atoms with Crippen molar-refractivity contribution in [2.45, 2.75) is 6.42 Å². The number of hydrogen-bond acceptors (Lipinski definition) is 3. The standard InChI is InChI=1S/C16H13Cl2N3OS/c1-21-13-4-2-3-5-14(13)23-16(21)20-19-15(22)9-10-6-7-11(17)12(18)8-10/h2-8H,9H2,1H3,(H,19,22)/b20-16+. The van der Waals surface area contributed by atoms with Crippen LogP contribution < -0.4 is 10.2 Å². The average molecular weight is 366 g/mol. The molecule has 0 spiro atoms. The van der Waals surface area contributed by atoms with Crippen molar-refractivity contribution in [1.82, 2.24) is 9.99 Å². The molecule has 3 aromatic rings. The normalized spacial score (nSPS) is 11.9. The van der Waals surface area contributed by atoms with Crippen LogP contribution in [0.25, 0.3) is 10.2 Å². The molecule has 0 aliphatic carbocycles. The van der Waals surface area contributed by atoms with Crippen LogP contribution in [0.3, 0.4) is 0 Å². The summed E-state index contributed by atoms with van der Waals surface area (Å²) in [5, 5.41) is 5.11. The number of thiazole rings is 1. The SMILES string of the molecule is Cn1/c(=N\NC(=O)Cc2ccc(Cl)c(Cl)c2)sc2ccccc21. The van der Waals surface area contributed by atoms with Crippen molar-refractivity contribution in [3.8, 4) is 0 Å². The zero-order valence-electron chi connectivity index (χ0n) is 12.2. The van der Waals surface area contributed by atoms with Gasteiger partial charge in [0.1, 0.15) is 0 Å². The highest BCUT2D eigenvalue weighted by Crippen LogP contribution is 2.22.